The average Bonchev–Trinajstić information content (AvgIpc) is 3.09. The fourth-order valence-corrected chi connectivity index (χ4v) is 4.90. The summed E-state index contributed by atoms with van der Waals surface area (Å²) in [6.07, 6.45) is 12.6. The molecule has 3 rings (SSSR count). The quantitative estimate of drug-likeness (QED) is 0.503. The first-order valence-electron chi connectivity index (χ1n) is 10.4. The van der Waals surface area contributed by atoms with Crippen molar-refractivity contribution in [1.29, 1.82) is 0 Å². The highest BCUT2D eigenvalue weighted by Crippen LogP contribution is 2.30. The number of nitrogens with one attached hydrogen (secondary N) is 1. The van der Waals surface area contributed by atoms with Gasteiger partial charge in [0.15, 0.2) is 0 Å². The van der Waals surface area contributed by atoms with Crippen molar-refractivity contribution in [2.75, 3.05) is 13.1 Å². The molecule has 0 saturated carbocycles. The number of nitrogens with zero attached hydrogens (tertiary/aromatic N) is 1. The van der Waals surface area contributed by atoms with Crippen molar-refractivity contribution in [2.45, 2.75) is 51.5 Å². The van der Waals surface area contributed by atoms with Crippen LogP contribution in [0.15, 0.2) is 71.1 Å². The summed E-state index contributed by atoms with van der Waals surface area (Å²) < 4.78 is 27.8. The summed E-state index contributed by atoms with van der Waals surface area (Å²) in [4.78, 5) is 0.491. The van der Waals surface area contributed by atoms with Crippen LogP contribution in [0.3, 0.4) is 0 Å². The van der Waals surface area contributed by atoms with Gasteiger partial charge in [-0.05, 0) is 64.3 Å². The molecule has 0 amide bonds. The lowest BCUT2D eigenvalue weighted by molar-refractivity contribution is 0.336. The van der Waals surface area contributed by atoms with Crippen LogP contribution in [-0.4, -0.2) is 26.1 Å². The van der Waals surface area contributed by atoms with Crippen LogP contribution < -0.4 is 5.32 Å². The van der Waals surface area contributed by atoms with Gasteiger partial charge in [0.25, 0.3) is 0 Å². The molecule has 0 unspecified atom stereocenters. The molecule has 1 N–H and O–H groups in total. The Morgan fingerprint density at radius 3 is 2.48 bits per heavy atom. The van der Waals surface area contributed by atoms with E-state index in [1.54, 1.807) is 25.3 Å². The van der Waals surface area contributed by atoms with E-state index in [-0.39, 0.29) is 4.91 Å². The van der Waals surface area contributed by atoms with Gasteiger partial charge in [-0.2, -0.15) is 0 Å². The molecule has 0 radical (unpaired) electrons. The number of hydrogen-bond donors (Lipinski definition) is 1. The minimum absolute atomic E-state index is 0.134. The summed E-state index contributed by atoms with van der Waals surface area (Å²) in [5, 5.41) is 4.15. The molecule has 4 nitrogen and oxygen atoms in total. The maximum absolute atomic E-state index is 12.9. The monoisotopic (exact) mass is 414 g/mol. The molecule has 5 heteroatoms. The molecule has 0 bridgehead atoms. The van der Waals surface area contributed by atoms with Gasteiger partial charge in [0.1, 0.15) is 0 Å². The van der Waals surface area contributed by atoms with Gasteiger partial charge in [0.05, 0.1) is 9.80 Å². The molecule has 1 saturated heterocycles. The van der Waals surface area contributed by atoms with Gasteiger partial charge in [0, 0.05) is 23.6 Å². The van der Waals surface area contributed by atoms with Crippen LogP contribution in [0.1, 0.15) is 40.0 Å². The Morgan fingerprint density at radius 2 is 1.90 bits per heavy atom. The SMILES string of the molecule is C/C=C\CC.C=C(/C=C\C)S(=O)(=O)c1cn(CC2CCNCC2)c2ccccc12. The first-order chi connectivity index (χ1) is 14.0. The van der Waals surface area contributed by atoms with Gasteiger partial charge < -0.3 is 9.88 Å². The Balaban J connectivity index is 0.000000537. The second-order valence-corrected chi connectivity index (χ2v) is 9.27. The van der Waals surface area contributed by atoms with Gasteiger partial charge in [-0.1, -0.05) is 49.9 Å². The Labute approximate surface area is 175 Å². The van der Waals surface area contributed by atoms with Crippen LogP contribution in [-0.2, 0) is 16.4 Å². The summed E-state index contributed by atoms with van der Waals surface area (Å²) in [5.41, 5.74) is 0.975. The summed E-state index contributed by atoms with van der Waals surface area (Å²) in [7, 11) is -3.56. The van der Waals surface area contributed by atoms with Crippen LogP contribution in [0.25, 0.3) is 10.9 Å². The van der Waals surface area contributed by atoms with Crippen molar-refractivity contribution in [3.63, 3.8) is 0 Å². The number of rotatable bonds is 6. The number of para-hydroxylation sites is 1. The molecule has 29 heavy (non-hydrogen) atoms. The Morgan fingerprint density at radius 1 is 1.21 bits per heavy atom. The molecule has 158 valence electrons. The lowest BCUT2D eigenvalue weighted by Gasteiger charge is -2.23. The molecular weight excluding hydrogens is 380 g/mol. The van der Waals surface area contributed by atoms with Gasteiger partial charge in [-0.25, -0.2) is 8.42 Å². The first-order valence-corrected chi connectivity index (χ1v) is 11.9. The smallest absolute Gasteiger partial charge is 0.208 e. The average molecular weight is 415 g/mol. The third-order valence-corrected chi connectivity index (χ3v) is 6.86. The van der Waals surface area contributed by atoms with Gasteiger partial charge in [0.2, 0.25) is 9.84 Å². The summed E-state index contributed by atoms with van der Waals surface area (Å²) in [5.74, 6) is 0.580. The second-order valence-electron chi connectivity index (χ2n) is 7.30. The van der Waals surface area contributed by atoms with Crippen molar-refractivity contribution < 1.29 is 8.42 Å². The molecule has 2 heterocycles. The number of hydrogen-bond acceptors (Lipinski definition) is 3. The molecular formula is C24H34N2O2S. The zero-order chi connectivity index (χ0) is 21.3. The number of allylic oxidation sites excluding steroid dienone is 4. The molecule has 0 atom stereocenters. The van der Waals surface area contributed by atoms with E-state index in [1.165, 1.54) is 0 Å². The highest BCUT2D eigenvalue weighted by molar-refractivity contribution is 7.95. The van der Waals surface area contributed by atoms with E-state index in [2.05, 4.69) is 35.5 Å². The van der Waals surface area contributed by atoms with E-state index in [1.807, 2.05) is 31.2 Å². The molecule has 0 aliphatic carbocycles. The first kappa shape index (κ1) is 23.2. The predicted molar refractivity (Wildman–Crippen MR) is 124 cm³/mol. The van der Waals surface area contributed by atoms with E-state index < -0.39 is 9.84 Å². The van der Waals surface area contributed by atoms with Crippen molar-refractivity contribution in [3.05, 3.63) is 66.3 Å². The van der Waals surface area contributed by atoms with Crippen LogP contribution in [0.2, 0.25) is 0 Å². The van der Waals surface area contributed by atoms with E-state index in [4.69, 9.17) is 0 Å². The number of fused-ring (bicyclic) bond motifs is 1. The fourth-order valence-electron chi connectivity index (χ4n) is 3.57. The third kappa shape index (κ3) is 5.94. The Kier molecular flexibility index (Phi) is 8.93. The number of piperidine rings is 1. The van der Waals surface area contributed by atoms with Crippen LogP contribution in [0.5, 0.6) is 0 Å². The largest absolute Gasteiger partial charge is 0.346 e. The lowest BCUT2D eigenvalue weighted by atomic mass is 9.98. The molecule has 1 aliphatic heterocycles. The second kappa shape index (κ2) is 11.2. The van der Waals surface area contributed by atoms with Crippen LogP contribution in [0.4, 0.5) is 0 Å². The van der Waals surface area contributed by atoms with E-state index in [9.17, 15) is 8.42 Å². The molecule has 1 aromatic heterocycles. The maximum Gasteiger partial charge on any atom is 0.208 e. The van der Waals surface area contributed by atoms with E-state index in [0.29, 0.717) is 10.8 Å². The molecule has 1 fully saturated rings. The summed E-state index contributed by atoms with van der Waals surface area (Å²) >= 11 is 0. The van der Waals surface area contributed by atoms with E-state index in [0.717, 1.165) is 49.8 Å². The number of benzene rings is 1. The Bertz CT molecular complexity index is 962. The zero-order valence-corrected chi connectivity index (χ0v) is 18.7. The molecule has 2 aromatic rings. The Hall–Kier alpha value is -2.11. The predicted octanol–water partition coefficient (Wildman–Crippen LogP) is 5.48. The maximum atomic E-state index is 12.9. The van der Waals surface area contributed by atoms with Gasteiger partial charge >= 0.3 is 0 Å². The number of sulfone groups is 1. The zero-order valence-electron chi connectivity index (χ0n) is 17.9. The lowest BCUT2D eigenvalue weighted by Crippen LogP contribution is -2.29. The molecule has 1 aromatic carbocycles. The van der Waals surface area contributed by atoms with Crippen molar-refractivity contribution in [1.82, 2.24) is 9.88 Å². The van der Waals surface area contributed by atoms with Crippen LogP contribution >= 0.6 is 0 Å². The summed E-state index contributed by atoms with van der Waals surface area (Å²) in [6.45, 7) is 12.6. The molecule has 0 spiro atoms. The highest BCUT2D eigenvalue weighted by Gasteiger charge is 2.24. The van der Waals surface area contributed by atoms with Crippen molar-refractivity contribution in [3.8, 4) is 0 Å². The van der Waals surface area contributed by atoms with Crippen molar-refractivity contribution >= 4 is 20.7 Å². The van der Waals surface area contributed by atoms with Crippen molar-refractivity contribution in [2.24, 2.45) is 5.92 Å². The molecule has 1 aliphatic rings. The van der Waals surface area contributed by atoms with Gasteiger partial charge in [-0.3, -0.25) is 0 Å². The number of aromatic nitrogens is 1. The normalized spacial score (nSPS) is 15.7. The fraction of sp³-hybridized carbons (Fsp3) is 0.417. The summed E-state index contributed by atoms with van der Waals surface area (Å²) in [6, 6.07) is 7.71. The minimum Gasteiger partial charge on any atom is -0.346 e. The van der Waals surface area contributed by atoms with E-state index >= 15 is 0 Å². The highest BCUT2D eigenvalue weighted by atomic mass is 32.2. The standard InChI is InChI=1S/C19H24N2O2S.C5H10/c1-3-6-15(2)24(22,23)19-14-21(13-16-9-11-20-12-10-16)18-8-5-4-7-17(18)19;1-3-5-4-2/h3-8,14,16,20H,2,9-13H2,1H3;3,5H,4H2,1-2H3/b6-3-;5-3-. The minimum atomic E-state index is -3.56. The topological polar surface area (TPSA) is 51.1 Å². The van der Waals surface area contributed by atoms with Crippen LogP contribution in [0, 0.1) is 5.92 Å². The van der Waals surface area contributed by atoms with Gasteiger partial charge in [-0.15, -0.1) is 0 Å². The third-order valence-electron chi connectivity index (χ3n) is 5.12.